The Bertz CT molecular complexity index is 800. The molecule has 2 atom stereocenters. The topological polar surface area (TPSA) is 79.3 Å². The van der Waals surface area contributed by atoms with Crippen LogP contribution in [-0.4, -0.2) is 22.0 Å². The maximum atomic E-state index is 12.9. The van der Waals surface area contributed by atoms with Crippen LogP contribution in [0.5, 0.6) is 0 Å². The van der Waals surface area contributed by atoms with Gasteiger partial charge in [-0.25, -0.2) is 4.98 Å². The van der Waals surface area contributed by atoms with E-state index in [0.29, 0.717) is 18.0 Å². The van der Waals surface area contributed by atoms with Crippen LogP contribution < -0.4 is 5.32 Å². The zero-order chi connectivity index (χ0) is 18.2. The van der Waals surface area contributed by atoms with Gasteiger partial charge in [0.1, 0.15) is 0 Å². The molecule has 6 heteroatoms. The lowest BCUT2D eigenvalue weighted by molar-refractivity contribution is -0.147. The Morgan fingerprint density at radius 2 is 1.92 bits per heavy atom. The van der Waals surface area contributed by atoms with Gasteiger partial charge in [0.05, 0.1) is 17.0 Å². The molecule has 5 nitrogen and oxygen atoms in total. The monoisotopic (exact) mass is 358 g/mol. The molecule has 1 heterocycles. The SMILES string of the molecule is CC1(C(=O)Nc2nc(-c3ccccc3)cs2)CCC(C(=O)O)C1(C)C. The van der Waals surface area contributed by atoms with Crippen molar-refractivity contribution in [2.24, 2.45) is 16.7 Å². The number of rotatable bonds is 4. The van der Waals surface area contributed by atoms with Crippen LogP contribution in [0.1, 0.15) is 33.6 Å². The lowest BCUT2D eigenvalue weighted by Gasteiger charge is -2.38. The fourth-order valence-corrected chi connectivity index (χ4v) is 4.36. The standard InChI is InChI=1S/C19H22N2O3S/c1-18(2)13(15(22)23)9-10-19(18,3)16(24)21-17-20-14(11-25-17)12-7-5-4-6-8-12/h4-8,11,13H,9-10H2,1-3H3,(H,22,23)(H,20,21,24). The van der Waals surface area contributed by atoms with Gasteiger partial charge in [-0.1, -0.05) is 51.1 Å². The van der Waals surface area contributed by atoms with Crippen molar-refractivity contribution in [2.75, 3.05) is 5.32 Å². The smallest absolute Gasteiger partial charge is 0.307 e. The lowest BCUT2D eigenvalue weighted by atomic mass is 9.65. The van der Waals surface area contributed by atoms with Gasteiger partial charge in [-0.2, -0.15) is 0 Å². The number of hydrogen-bond acceptors (Lipinski definition) is 4. The number of benzene rings is 1. The third-order valence-electron chi connectivity index (χ3n) is 5.82. The van der Waals surface area contributed by atoms with E-state index in [1.54, 1.807) is 0 Å². The summed E-state index contributed by atoms with van der Waals surface area (Å²) in [6.07, 6.45) is 1.07. The van der Waals surface area contributed by atoms with Crippen LogP contribution in [0.2, 0.25) is 0 Å². The first kappa shape index (κ1) is 17.6. The van der Waals surface area contributed by atoms with E-state index in [9.17, 15) is 14.7 Å². The normalized spacial score (nSPS) is 24.8. The maximum absolute atomic E-state index is 12.9. The number of carboxylic acid groups (broad SMARTS) is 1. The third-order valence-corrected chi connectivity index (χ3v) is 6.58. The molecule has 0 saturated heterocycles. The first-order valence-corrected chi connectivity index (χ1v) is 9.19. The van der Waals surface area contributed by atoms with Gasteiger partial charge >= 0.3 is 5.97 Å². The van der Waals surface area contributed by atoms with E-state index in [4.69, 9.17) is 0 Å². The average Bonchev–Trinajstić information content (AvgIpc) is 3.12. The van der Waals surface area contributed by atoms with Gasteiger partial charge in [0.25, 0.3) is 0 Å². The summed E-state index contributed by atoms with van der Waals surface area (Å²) in [5.74, 6) is -1.50. The van der Waals surface area contributed by atoms with Crippen LogP contribution in [0.4, 0.5) is 5.13 Å². The molecular weight excluding hydrogens is 336 g/mol. The molecule has 1 aromatic carbocycles. The summed E-state index contributed by atoms with van der Waals surface area (Å²) in [6.45, 7) is 5.60. The number of carboxylic acids is 1. The van der Waals surface area contributed by atoms with Crippen LogP contribution in [0, 0.1) is 16.7 Å². The van der Waals surface area contributed by atoms with Gasteiger partial charge in [0.15, 0.2) is 5.13 Å². The van der Waals surface area contributed by atoms with Gasteiger partial charge in [-0.3, -0.25) is 9.59 Å². The number of aliphatic carboxylic acids is 1. The quantitative estimate of drug-likeness (QED) is 0.855. The molecule has 3 rings (SSSR count). The number of carbonyl (C=O) groups excluding carboxylic acids is 1. The number of nitrogens with one attached hydrogen (secondary N) is 1. The molecule has 0 bridgehead atoms. The lowest BCUT2D eigenvalue weighted by Crippen LogP contribution is -2.45. The molecule has 0 spiro atoms. The molecule has 1 amide bonds. The fourth-order valence-electron chi connectivity index (χ4n) is 3.65. The largest absolute Gasteiger partial charge is 0.481 e. The van der Waals surface area contributed by atoms with E-state index in [2.05, 4.69) is 10.3 Å². The molecule has 1 aliphatic carbocycles. The Labute approximate surface area is 151 Å². The van der Waals surface area contributed by atoms with E-state index in [1.807, 2.05) is 56.5 Å². The number of amides is 1. The number of aromatic nitrogens is 1. The fraction of sp³-hybridized carbons (Fsp3) is 0.421. The minimum absolute atomic E-state index is 0.157. The number of carbonyl (C=O) groups is 2. The Kier molecular flexibility index (Phi) is 4.41. The summed E-state index contributed by atoms with van der Waals surface area (Å²) in [5, 5.41) is 14.8. The molecule has 2 unspecified atom stereocenters. The molecule has 2 N–H and O–H groups in total. The summed E-state index contributed by atoms with van der Waals surface area (Å²) in [6, 6.07) is 9.78. The van der Waals surface area contributed by atoms with Crippen LogP contribution in [0.3, 0.4) is 0 Å². The molecule has 1 fully saturated rings. The number of hydrogen-bond donors (Lipinski definition) is 2. The van der Waals surface area contributed by atoms with Crippen molar-refractivity contribution in [2.45, 2.75) is 33.6 Å². The highest BCUT2D eigenvalue weighted by atomic mass is 32.1. The van der Waals surface area contributed by atoms with E-state index in [1.165, 1.54) is 11.3 Å². The van der Waals surface area contributed by atoms with Gasteiger partial charge in [-0.15, -0.1) is 11.3 Å². The van der Waals surface area contributed by atoms with Crippen molar-refractivity contribution in [3.05, 3.63) is 35.7 Å². The molecule has 1 aromatic heterocycles. The van der Waals surface area contributed by atoms with Crippen molar-refractivity contribution in [3.63, 3.8) is 0 Å². The van der Waals surface area contributed by atoms with Gasteiger partial charge in [0, 0.05) is 10.9 Å². The van der Waals surface area contributed by atoms with Crippen LogP contribution in [0.25, 0.3) is 11.3 Å². The van der Waals surface area contributed by atoms with Gasteiger partial charge in [0.2, 0.25) is 5.91 Å². The summed E-state index contributed by atoms with van der Waals surface area (Å²) >= 11 is 1.38. The molecule has 1 aliphatic rings. The summed E-state index contributed by atoms with van der Waals surface area (Å²) in [4.78, 5) is 28.9. The Morgan fingerprint density at radius 1 is 1.24 bits per heavy atom. The van der Waals surface area contributed by atoms with E-state index >= 15 is 0 Å². The molecule has 0 aliphatic heterocycles. The molecule has 132 valence electrons. The predicted octanol–water partition coefficient (Wildman–Crippen LogP) is 4.28. The minimum Gasteiger partial charge on any atom is -0.481 e. The Morgan fingerprint density at radius 3 is 2.52 bits per heavy atom. The highest BCUT2D eigenvalue weighted by Crippen LogP contribution is 2.56. The molecule has 1 saturated carbocycles. The third kappa shape index (κ3) is 2.95. The van der Waals surface area contributed by atoms with Crippen molar-refractivity contribution >= 4 is 28.3 Å². The molecule has 25 heavy (non-hydrogen) atoms. The summed E-state index contributed by atoms with van der Waals surface area (Å²) in [5.41, 5.74) is 0.453. The van der Waals surface area contributed by atoms with Crippen molar-refractivity contribution in [3.8, 4) is 11.3 Å². The zero-order valence-electron chi connectivity index (χ0n) is 14.6. The second kappa shape index (κ2) is 6.26. The second-order valence-corrected chi connectivity index (χ2v) is 8.20. The molecular formula is C19H22N2O3S. The number of nitrogens with zero attached hydrogens (tertiary/aromatic N) is 1. The summed E-state index contributed by atoms with van der Waals surface area (Å²) < 4.78 is 0. The number of anilines is 1. The van der Waals surface area contributed by atoms with Crippen molar-refractivity contribution < 1.29 is 14.7 Å². The van der Waals surface area contributed by atoms with Crippen molar-refractivity contribution in [1.82, 2.24) is 4.98 Å². The Balaban J connectivity index is 1.79. The van der Waals surface area contributed by atoms with E-state index in [0.717, 1.165) is 11.3 Å². The maximum Gasteiger partial charge on any atom is 0.307 e. The Hall–Kier alpha value is -2.21. The van der Waals surface area contributed by atoms with E-state index in [-0.39, 0.29) is 5.91 Å². The minimum atomic E-state index is -0.831. The van der Waals surface area contributed by atoms with Gasteiger partial charge < -0.3 is 10.4 Å². The highest BCUT2D eigenvalue weighted by molar-refractivity contribution is 7.14. The van der Waals surface area contributed by atoms with E-state index < -0.39 is 22.7 Å². The molecule has 2 aromatic rings. The van der Waals surface area contributed by atoms with Crippen LogP contribution >= 0.6 is 11.3 Å². The molecule has 0 radical (unpaired) electrons. The van der Waals surface area contributed by atoms with Crippen LogP contribution in [-0.2, 0) is 9.59 Å². The summed E-state index contributed by atoms with van der Waals surface area (Å²) in [7, 11) is 0. The first-order chi connectivity index (χ1) is 11.8. The number of thiazole rings is 1. The second-order valence-electron chi connectivity index (χ2n) is 7.34. The first-order valence-electron chi connectivity index (χ1n) is 8.31. The van der Waals surface area contributed by atoms with Gasteiger partial charge in [-0.05, 0) is 18.3 Å². The average molecular weight is 358 g/mol. The van der Waals surface area contributed by atoms with Crippen LogP contribution in [0.15, 0.2) is 35.7 Å². The predicted molar refractivity (Wildman–Crippen MR) is 98.4 cm³/mol. The highest BCUT2D eigenvalue weighted by Gasteiger charge is 2.58. The van der Waals surface area contributed by atoms with Crippen molar-refractivity contribution in [1.29, 1.82) is 0 Å². The zero-order valence-corrected chi connectivity index (χ0v) is 15.4.